The van der Waals surface area contributed by atoms with Crippen molar-refractivity contribution in [1.29, 1.82) is 0 Å². The van der Waals surface area contributed by atoms with E-state index in [0.29, 0.717) is 0 Å². The molecule has 0 radical (unpaired) electrons. The first-order valence-corrected chi connectivity index (χ1v) is 15.5. The number of ether oxygens (including phenoxy) is 1. The summed E-state index contributed by atoms with van der Waals surface area (Å²) in [5, 5.41) is 0. The van der Waals surface area contributed by atoms with E-state index in [1.165, 1.54) is 142 Å². The maximum Gasteiger partial charge on any atom is 0.0518 e. The number of hydrogen-bond acceptors (Lipinski definition) is 2. The van der Waals surface area contributed by atoms with E-state index in [1.807, 2.05) is 0 Å². The van der Waals surface area contributed by atoms with Crippen LogP contribution >= 0.6 is 0 Å². The van der Waals surface area contributed by atoms with Gasteiger partial charge in [-0.05, 0) is 37.5 Å². The van der Waals surface area contributed by atoms with Crippen LogP contribution in [0, 0.1) is 17.8 Å². The van der Waals surface area contributed by atoms with Crippen molar-refractivity contribution >= 4 is 0 Å². The van der Waals surface area contributed by atoms with Gasteiger partial charge in [-0.15, -0.1) is 0 Å². The maximum absolute atomic E-state index is 6.31. The Morgan fingerprint density at radius 1 is 0.576 bits per heavy atom. The van der Waals surface area contributed by atoms with Crippen molar-refractivity contribution in [2.24, 2.45) is 17.8 Å². The summed E-state index contributed by atoms with van der Waals surface area (Å²) in [6.07, 6.45) is 26.7. The van der Waals surface area contributed by atoms with Gasteiger partial charge in [-0.1, -0.05) is 124 Å². The van der Waals surface area contributed by atoms with Crippen molar-refractivity contribution in [2.75, 3.05) is 32.8 Å². The summed E-state index contributed by atoms with van der Waals surface area (Å²) in [4.78, 5) is 2.73. The highest BCUT2D eigenvalue weighted by Crippen LogP contribution is 2.25. The van der Waals surface area contributed by atoms with E-state index >= 15 is 0 Å². The van der Waals surface area contributed by atoms with Crippen LogP contribution in [-0.4, -0.2) is 37.7 Å². The van der Waals surface area contributed by atoms with Crippen LogP contribution in [0.3, 0.4) is 0 Å². The first-order chi connectivity index (χ1) is 16.2. The van der Waals surface area contributed by atoms with Crippen molar-refractivity contribution in [3.05, 3.63) is 0 Å². The lowest BCUT2D eigenvalue weighted by molar-refractivity contribution is -0.00628. The summed E-state index contributed by atoms with van der Waals surface area (Å²) in [6, 6.07) is 0. The van der Waals surface area contributed by atoms with Gasteiger partial charge >= 0.3 is 0 Å². The molecule has 0 aliphatic carbocycles. The van der Waals surface area contributed by atoms with Crippen LogP contribution in [0.1, 0.15) is 150 Å². The highest BCUT2D eigenvalue weighted by atomic mass is 16.5. The molecule has 0 N–H and O–H groups in total. The van der Waals surface area contributed by atoms with E-state index in [1.54, 1.807) is 0 Å². The van der Waals surface area contributed by atoms with Gasteiger partial charge in [0.2, 0.25) is 0 Å². The fraction of sp³-hybridized carbons (Fsp3) is 1.00. The molecule has 0 amide bonds. The fourth-order valence-corrected chi connectivity index (χ4v) is 5.60. The molecule has 1 fully saturated rings. The zero-order chi connectivity index (χ0) is 24.0. The molecule has 2 heteroatoms. The number of rotatable bonds is 25. The smallest absolute Gasteiger partial charge is 0.0518 e. The second-order valence-electron chi connectivity index (χ2n) is 11.4. The molecule has 0 saturated carbocycles. The molecular weight excluding hydrogens is 402 g/mol. The summed E-state index contributed by atoms with van der Waals surface area (Å²) >= 11 is 0. The Hall–Kier alpha value is -0.0800. The normalized spacial score (nSPS) is 15.9. The molecule has 1 unspecified atom stereocenters. The Morgan fingerprint density at radius 2 is 1.00 bits per heavy atom. The molecule has 1 atom stereocenters. The minimum Gasteiger partial charge on any atom is -0.381 e. The molecule has 0 aromatic carbocycles. The SMILES string of the molecule is CCCCCCC(CCCCCC)COCC1CN(CC(CCCCC)CCCCCC)C1. The van der Waals surface area contributed by atoms with Crippen LogP contribution in [0.15, 0.2) is 0 Å². The number of nitrogens with zero attached hydrogens (tertiary/aromatic N) is 1. The Morgan fingerprint density at radius 3 is 1.48 bits per heavy atom. The van der Waals surface area contributed by atoms with Gasteiger partial charge in [-0.25, -0.2) is 0 Å². The van der Waals surface area contributed by atoms with Crippen LogP contribution in [0.2, 0.25) is 0 Å². The lowest BCUT2D eigenvalue weighted by atomic mass is 9.91. The molecule has 1 heterocycles. The third kappa shape index (κ3) is 17.1. The van der Waals surface area contributed by atoms with E-state index in [-0.39, 0.29) is 0 Å². The summed E-state index contributed by atoms with van der Waals surface area (Å²) in [5.41, 5.74) is 0. The lowest BCUT2D eigenvalue weighted by Gasteiger charge is -2.41. The second kappa shape index (κ2) is 22.4. The average molecular weight is 466 g/mol. The zero-order valence-corrected chi connectivity index (χ0v) is 23.6. The standard InChI is InChI=1S/C31H63NO/c1-5-9-13-17-21-29(20-16-12-8-4)24-32-25-31(26-32)28-33-27-30(22-18-14-10-6-2)23-19-15-11-7-3/h29-31H,5-28H2,1-4H3. The third-order valence-electron chi connectivity index (χ3n) is 7.87. The quantitative estimate of drug-likeness (QED) is 0.124. The monoisotopic (exact) mass is 465 g/mol. The molecule has 33 heavy (non-hydrogen) atoms. The van der Waals surface area contributed by atoms with Crippen molar-refractivity contribution in [2.45, 2.75) is 150 Å². The van der Waals surface area contributed by atoms with Gasteiger partial charge in [-0.2, -0.15) is 0 Å². The second-order valence-corrected chi connectivity index (χ2v) is 11.4. The van der Waals surface area contributed by atoms with Crippen LogP contribution < -0.4 is 0 Å². The fourth-order valence-electron chi connectivity index (χ4n) is 5.60. The molecule has 0 bridgehead atoms. The maximum atomic E-state index is 6.31. The molecule has 1 saturated heterocycles. The summed E-state index contributed by atoms with van der Waals surface area (Å²) in [7, 11) is 0. The molecule has 2 nitrogen and oxygen atoms in total. The Bertz CT molecular complexity index is 380. The van der Waals surface area contributed by atoms with E-state index < -0.39 is 0 Å². The van der Waals surface area contributed by atoms with Gasteiger partial charge in [0.05, 0.1) is 6.61 Å². The van der Waals surface area contributed by atoms with Crippen molar-refractivity contribution in [3.63, 3.8) is 0 Å². The number of likely N-dealkylation sites (tertiary alicyclic amines) is 1. The zero-order valence-electron chi connectivity index (χ0n) is 23.6. The van der Waals surface area contributed by atoms with Crippen LogP contribution in [0.4, 0.5) is 0 Å². The van der Waals surface area contributed by atoms with E-state index in [9.17, 15) is 0 Å². The molecule has 0 spiro atoms. The van der Waals surface area contributed by atoms with Gasteiger partial charge in [-0.3, -0.25) is 0 Å². The van der Waals surface area contributed by atoms with Crippen LogP contribution in [0.25, 0.3) is 0 Å². The molecule has 0 aromatic rings. The Labute approximate surface area is 210 Å². The molecule has 198 valence electrons. The summed E-state index contributed by atoms with van der Waals surface area (Å²) in [6.45, 7) is 15.2. The van der Waals surface area contributed by atoms with E-state index in [4.69, 9.17) is 4.74 Å². The van der Waals surface area contributed by atoms with Gasteiger partial charge in [0, 0.05) is 32.2 Å². The summed E-state index contributed by atoms with van der Waals surface area (Å²) in [5.74, 6) is 2.54. The predicted octanol–water partition coefficient (Wildman–Crippen LogP) is 9.66. The number of hydrogen-bond donors (Lipinski definition) is 0. The van der Waals surface area contributed by atoms with Crippen molar-refractivity contribution < 1.29 is 4.74 Å². The predicted molar refractivity (Wildman–Crippen MR) is 148 cm³/mol. The van der Waals surface area contributed by atoms with Crippen LogP contribution in [0.5, 0.6) is 0 Å². The minimum atomic E-state index is 0.794. The highest BCUT2D eigenvalue weighted by molar-refractivity contribution is 4.81. The summed E-state index contributed by atoms with van der Waals surface area (Å²) < 4.78 is 6.31. The highest BCUT2D eigenvalue weighted by Gasteiger charge is 2.28. The molecule has 1 aliphatic heterocycles. The number of unbranched alkanes of at least 4 members (excludes halogenated alkanes) is 11. The van der Waals surface area contributed by atoms with Crippen LogP contribution in [-0.2, 0) is 4.74 Å². The van der Waals surface area contributed by atoms with E-state index in [0.717, 1.165) is 31.0 Å². The molecule has 0 aromatic heterocycles. The molecular formula is C31H63NO. The lowest BCUT2D eigenvalue weighted by Crippen LogP contribution is -2.50. The molecule has 1 aliphatic rings. The van der Waals surface area contributed by atoms with Crippen molar-refractivity contribution in [3.8, 4) is 0 Å². The Kier molecular flexibility index (Phi) is 21.0. The largest absolute Gasteiger partial charge is 0.381 e. The first kappa shape index (κ1) is 31.0. The van der Waals surface area contributed by atoms with Gasteiger partial charge in [0.15, 0.2) is 0 Å². The third-order valence-corrected chi connectivity index (χ3v) is 7.87. The molecule has 1 rings (SSSR count). The van der Waals surface area contributed by atoms with Gasteiger partial charge in [0.1, 0.15) is 0 Å². The average Bonchev–Trinajstić information content (AvgIpc) is 2.79. The van der Waals surface area contributed by atoms with Crippen molar-refractivity contribution in [1.82, 2.24) is 4.90 Å². The van der Waals surface area contributed by atoms with E-state index in [2.05, 4.69) is 32.6 Å². The van der Waals surface area contributed by atoms with Gasteiger partial charge < -0.3 is 9.64 Å². The topological polar surface area (TPSA) is 12.5 Å². The minimum absolute atomic E-state index is 0.794. The Balaban J connectivity index is 2.23. The van der Waals surface area contributed by atoms with Gasteiger partial charge in [0.25, 0.3) is 0 Å². The first-order valence-electron chi connectivity index (χ1n) is 15.5.